The van der Waals surface area contributed by atoms with E-state index in [4.69, 9.17) is 4.74 Å². The zero-order valence-electron chi connectivity index (χ0n) is 34.1. The van der Waals surface area contributed by atoms with Crippen LogP contribution in [0.3, 0.4) is 0 Å². The van der Waals surface area contributed by atoms with Crippen LogP contribution in [0, 0.1) is 5.41 Å². The summed E-state index contributed by atoms with van der Waals surface area (Å²) in [6.07, 6.45) is 43.7. The van der Waals surface area contributed by atoms with Crippen LogP contribution < -0.4 is 0 Å². The van der Waals surface area contributed by atoms with E-state index in [1.807, 2.05) is 0 Å². The van der Waals surface area contributed by atoms with Gasteiger partial charge in [-0.1, -0.05) is 260 Å². The predicted octanol–water partition coefficient (Wildman–Crippen LogP) is 16.5. The number of halogens is 1. The second-order valence-electron chi connectivity index (χ2n) is 16.0. The number of methoxy groups -OCH3 is 1. The van der Waals surface area contributed by atoms with Crippen LogP contribution in [-0.4, -0.2) is 17.4 Å². The maximum Gasteiger partial charge on any atom is 0.313 e. The molecule has 0 saturated carbocycles. The Labute approximate surface area is 322 Å². The highest BCUT2D eigenvalue weighted by molar-refractivity contribution is 9.10. The van der Waals surface area contributed by atoms with Gasteiger partial charge in [0, 0.05) is 4.32 Å². The van der Waals surface area contributed by atoms with Crippen molar-refractivity contribution in [2.75, 3.05) is 7.11 Å². The fourth-order valence-electron chi connectivity index (χ4n) is 8.27. The summed E-state index contributed by atoms with van der Waals surface area (Å²) in [5.74, 6) is 0.00770. The molecule has 0 aliphatic carbocycles. The zero-order valence-corrected chi connectivity index (χ0v) is 35.7. The Balaban J connectivity index is 2.98. The molecule has 0 bridgehead atoms. The average Bonchev–Trinajstić information content (AvgIpc) is 3.13. The van der Waals surface area contributed by atoms with E-state index >= 15 is 0 Å². The molecule has 1 aromatic rings. The van der Waals surface area contributed by atoms with Crippen molar-refractivity contribution >= 4 is 21.9 Å². The lowest BCUT2D eigenvalue weighted by atomic mass is 9.64. The molecule has 1 atom stereocenters. The molecule has 0 heterocycles. The summed E-state index contributed by atoms with van der Waals surface area (Å²) in [7, 11) is 1.63. The van der Waals surface area contributed by atoms with E-state index in [0.717, 1.165) is 32.1 Å². The minimum atomic E-state index is -0.554. The van der Waals surface area contributed by atoms with Gasteiger partial charge < -0.3 is 4.74 Å². The molecule has 1 rings (SSSR count). The van der Waals surface area contributed by atoms with Crippen molar-refractivity contribution in [2.24, 2.45) is 5.41 Å². The van der Waals surface area contributed by atoms with Gasteiger partial charge in [0.2, 0.25) is 0 Å². The van der Waals surface area contributed by atoms with Crippen molar-refractivity contribution in [1.29, 1.82) is 0 Å². The Morgan fingerprint density at radius 3 is 1.10 bits per heavy atom. The SMILES string of the molecule is CCCCCCCCCCCCC(Br)(CCCCCCCCCCCC)C(CCCCCCCCCCCC)(Cc1ccccc1)C(=O)OC. The number of unbranched alkanes of at least 4 members (excludes halogenated alkanes) is 27. The summed E-state index contributed by atoms with van der Waals surface area (Å²) >= 11 is 4.47. The fraction of sp³-hybridized carbons (Fsp3) is 0.851. The lowest BCUT2D eigenvalue weighted by Crippen LogP contribution is -2.51. The van der Waals surface area contributed by atoms with Crippen LogP contribution in [0.1, 0.15) is 238 Å². The molecular formula is C47H85BrO2. The average molecular weight is 762 g/mol. The number of rotatable bonds is 37. The van der Waals surface area contributed by atoms with Gasteiger partial charge in [0.15, 0.2) is 0 Å². The highest BCUT2D eigenvalue weighted by Crippen LogP contribution is 2.52. The number of hydrogen-bond acceptors (Lipinski definition) is 2. The maximum absolute atomic E-state index is 14.3. The van der Waals surface area contributed by atoms with Crippen LogP contribution in [0.2, 0.25) is 0 Å². The van der Waals surface area contributed by atoms with Crippen LogP contribution in [-0.2, 0) is 16.0 Å². The number of ether oxygens (including phenoxy) is 1. The van der Waals surface area contributed by atoms with E-state index in [-0.39, 0.29) is 10.3 Å². The molecule has 292 valence electrons. The summed E-state index contributed by atoms with van der Waals surface area (Å²) in [6, 6.07) is 10.8. The van der Waals surface area contributed by atoms with Gasteiger partial charge in [0.25, 0.3) is 0 Å². The molecule has 0 N–H and O–H groups in total. The highest BCUT2D eigenvalue weighted by Gasteiger charge is 2.54. The third-order valence-electron chi connectivity index (χ3n) is 11.6. The summed E-state index contributed by atoms with van der Waals surface area (Å²) in [5.41, 5.74) is 0.710. The number of carbonyl (C=O) groups excluding carboxylic acids is 1. The Hall–Kier alpha value is -0.830. The zero-order chi connectivity index (χ0) is 36.4. The summed E-state index contributed by atoms with van der Waals surface area (Å²) in [4.78, 5) is 14.3. The molecule has 0 radical (unpaired) electrons. The molecule has 0 spiro atoms. The second kappa shape index (κ2) is 32.8. The first-order valence-electron chi connectivity index (χ1n) is 22.3. The number of alkyl halides is 1. The first kappa shape index (κ1) is 47.2. The van der Waals surface area contributed by atoms with Crippen molar-refractivity contribution in [3.8, 4) is 0 Å². The van der Waals surface area contributed by atoms with E-state index in [1.165, 1.54) is 192 Å². The van der Waals surface area contributed by atoms with E-state index in [1.54, 1.807) is 7.11 Å². The van der Waals surface area contributed by atoms with Crippen LogP contribution in [0.15, 0.2) is 30.3 Å². The van der Waals surface area contributed by atoms with Gasteiger partial charge in [-0.2, -0.15) is 0 Å². The maximum atomic E-state index is 14.3. The standard InChI is InChI=1S/C47H85BrO2/c1-5-8-11-14-17-20-23-26-29-35-40-46(45(49)50-4,43-44-38-33-32-34-39-44)47(48,41-36-30-27-24-21-18-15-12-9-6-2)42-37-31-28-25-22-19-16-13-10-7-3/h32-34,38-39H,5-31,35-37,40-43H2,1-4H3. The van der Waals surface area contributed by atoms with Crippen molar-refractivity contribution in [3.05, 3.63) is 35.9 Å². The molecule has 1 unspecified atom stereocenters. The quantitative estimate of drug-likeness (QED) is 0.0383. The van der Waals surface area contributed by atoms with Crippen LogP contribution in [0.25, 0.3) is 0 Å². The van der Waals surface area contributed by atoms with Crippen LogP contribution >= 0.6 is 15.9 Å². The minimum Gasteiger partial charge on any atom is -0.469 e. The third-order valence-corrected chi connectivity index (χ3v) is 13.1. The first-order valence-corrected chi connectivity index (χ1v) is 23.1. The lowest BCUT2D eigenvalue weighted by molar-refractivity contribution is -0.156. The van der Waals surface area contributed by atoms with E-state index in [0.29, 0.717) is 0 Å². The van der Waals surface area contributed by atoms with Gasteiger partial charge in [-0.05, 0) is 31.2 Å². The molecule has 3 heteroatoms. The van der Waals surface area contributed by atoms with Crippen molar-refractivity contribution in [3.63, 3.8) is 0 Å². The molecule has 0 aromatic heterocycles. The van der Waals surface area contributed by atoms with Crippen LogP contribution in [0.5, 0.6) is 0 Å². The number of carbonyl (C=O) groups is 1. The molecule has 0 fully saturated rings. The highest BCUT2D eigenvalue weighted by atomic mass is 79.9. The minimum absolute atomic E-state index is 0.00770. The summed E-state index contributed by atoms with van der Waals surface area (Å²) < 4.78 is 5.56. The van der Waals surface area contributed by atoms with Gasteiger partial charge in [-0.15, -0.1) is 0 Å². The molecule has 0 aliphatic rings. The lowest BCUT2D eigenvalue weighted by Gasteiger charge is -2.46. The monoisotopic (exact) mass is 761 g/mol. The molecule has 50 heavy (non-hydrogen) atoms. The Morgan fingerprint density at radius 2 is 0.780 bits per heavy atom. The van der Waals surface area contributed by atoms with Gasteiger partial charge in [-0.3, -0.25) is 4.79 Å². The molecular weight excluding hydrogens is 676 g/mol. The Bertz CT molecular complexity index is 845. The number of hydrogen-bond donors (Lipinski definition) is 0. The molecule has 1 aromatic carbocycles. The Kier molecular flexibility index (Phi) is 30.9. The summed E-state index contributed by atoms with van der Waals surface area (Å²) in [5, 5.41) is 0. The Morgan fingerprint density at radius 1 is 0.480 bits per heavy atom. The number of esters is 1. The largest absolute Gasteiger partial charge is 0.469 e. The molecule has 0 amide bonds. The number of benzene rings is 1. The van der Waals surface area contributed by atoms with Gasteiger partial charge in [0.05, 0.1) is 12.5 Å². The van der Waals surface area contributed by atoms with Gasteiger partial charge in [-0.25, -0.2) is 0 Å². The van der Waals surface area contributed by atoms with Crippen molar-refractivity contribution in [2.45, 2.75) is 243 Å². The predicted molar refractivity (Wildman–Crippen MR) is 226 cm³/mol. The first-order chi connectivity index (χ1) is 24.5. The normalized spacial score (nSPS) is 13.1. The smallest absolute Gasteiger partial charge is 0.313 e. The van der Waals surface area contributed by atoms with E-state index in [2.05, 4.69) is 67.0 Å². The molecule has 2 nitrogen and oxygen atoms in total. The van der Waals surface area contributed by atoms with Crippen LogP contribution in [0.4, 0.5) is 0 Å². The van der Waals surface area contributed by atoms with E-state index in [9.17, 15) is 4.79 Å². The summed E-state index contributed by atoms with van der Waals surface area (Å²) in [6.45, 7) is 6.89. The topological polar surface area (TPSA) is 26.3 Å². The fourth-order valence-corrected chi connectivity index (χ4v) is 9.33. The second-order valence-corrected chi connectivity index (χ2v) is 17.5. The van der Waals surface area contributed by atoms with Gasteiger partial charge >= 0.3 is 5.97 Å². The molecule has 0 aliphatic heterocycles. The third kappa shape index (κ3) is 21.6. The molecule has 0 saturated heterocycles. The van der Waals surface area contributed by atoms with Gasteiger partial charge in [0.1, 0.15) is 0 Å². The van der Waals surface area contributed by atoms with Crippen molar-refractivity contribution < 1.29 is 9.53 Å². The van der Waals surface area contributed by atoms with E-state index < -0.39 is 5.41 Å². The van der Waals surface area contributed by atoms with Crippen molar-refractivity contribution in [1.82, 2.24) is 0 Å².